The third-order valence-electron chi connectivity index (χ3n) is 5.35. The summed E-state index contributed by atoms with van der Waals surface area (Å²) in [5.41, 5.74) is 3.99. The van der Waals surface area contributed by atoms with Crippen LogP contribution in [0.4, 0.5) is 5.69 Å². The Balaban J connectivity index is 0.00000256. The van der Waals surface area contributed by atoms with Gasteiger partial charge in [0.1, 0.15) is 5.82 Å². The Hall–Kier alpha value is -2.70. The number of rotatable bonds is 7. The van der Waals surface area contributed by atoms with E-state index in [1.54, 1.807) is 0 Å². The second-order valence-corrected chi connectivity index (χ2v) is 7.64. The molecule has 3 aromatic rings. The minimum absolute atomic E-state index is 0. The van der Waals surface area contributed by atoms with Gasteiger partial charge in [0.25, 0.3) is 0 Å². The van der Waals surface area contributed by atoms with Crippen molar-refractivity contribution in [3.8, 4) is 11.4 Å². The highest BCUT2D eigenvalue weighted by Gasteiger charge is 2.15. The fourth-order valence-corrected chi connectivity index (χ4v) is 3.72. The quantitative estimate of drug-likeness (QED) is 0.537. The molecule has 1 aliphatic heterocycles. The highest BCUT2D eigenvalue weighted by molar-refractivity contribution is 5.92. The SMILES string of the molecule is CCc1nc(-c2cccc(NC(=O)Cc3ccc(CC4CCNC4)cc3)c2)n[nH]1.Cl. The summed E-state index contributed by atoms with van der Waals surface area (Å²) in [7, 11) is 0. The van der Waals surface area contributed by atoms with Crippen LogP contribution in [0.15, 0.2) is 48.5 Å². The van der Waals surface area contributed by atoms with E-state index in [4.69, 9.17) is 0 Å². The van der Waals surface area contributed by atoms with Crippen LogP contribution in [0.2, 0.25) is 0 Å². The molecular weight excluding hydrogens is 398 g/mol. The zero-order valence-electron chi connectivity index (χ0n) is 17.1. The van der Waals surface area contributed by atoms with E-state index in [9.17, 15) is 4.79 Å². The van der Waals surface area contributed by atoms with Crippen LogP contribution in [0, 0.1) is 5.92 Å². The number of aromatic amines is 1. The second-order valence-electron chi connectivity index (χ2n) is 7.64. The van der Waals surface area contributed by atoms with E-state index in [2.05, 4.69) is 50.1 Å². The molecule has 1 aliphatic rings. The summed E-state index contributed by atoms with van der Waals surface area (Å²) >= 11 is 0. The monoisotopic (exact) mass is 425 g/mol. The molecule has 2 aromatic carbocycles. The van der Waals surface area contributed by atoms with Gasteiger partial charge in [0, 0.05) is 17.7 Å². The van der Waals surface area contributed by atoms with Crippen molar-refractivity contribution in [3.05, 3.63) is 65.5 Å². The molecule has 30 heavy (non-hydrogen) atoms. The smallest absolute Gasteiger partial charge is 0.228 e. The fourth-order valence-electron chi connectivity index (χ4n) is 3.72. The summed E-state index contributed by atoms with van der Waals surface area (Å²) in [6.45, 7) is 4.26. The van der Waals surface area contributed by atoms with Crippen LogP contribution in [0.3, 0.4) is 0 Å². The molecule has 3 N–H and O–H groups in total. The number of aryl methyl sites for hydroxylation is 1. The number of nitrogens with one attached hydrogen (secondary N) is 3. The number of H-pyrrole nitrogens is 1. The van der Waals surface area contributed by atoms with Gasteiger partial charge in [-0.1, -0.05) is 43.3 Å². The van der Waals surface area contributed by atoms with Crippen LogP contribution in [0.1, 0.15) is 30.3 Å². The van der Waals surface area contributed by atoms with Gasteiger partial charge in [-0.2, -0.15) is 5.10 Å². The van der Waals surface area contributed by atoms with Crippen molar-refractivity contribution in [3.63, 3.8) is 0 Å². The Bertz CT molecular complexity index is 964. The average molecular weight is 426 g/mol. The van der Waals surface area contributed by atoms with Crippen molar-refractivity contribution in [1.82, 2.24) is 20.5 Å². The number of benzene rings is 2. The van der Waals surface area contributed by atoms with E-state index in [1.807, 2.05) is 31.2 Å². The number of nitrogens with zero attached hydrogens (tertiary/aromatic N) is 2. The Morgan fingerprint density at radius 2 is 1.97 bits per heavy atom. The number of carbonyl (C=O) groups is 1. The third-order valence-corrected chi connectivity index (χ3v) is 5.35. The number of amides is 1. The summed E-state index contributed by atoms with van der Waals surface area (Å²) in [6.07, 6.45) is 3.51. The summed E-state index contributed by atoms with van der Waals surface area (Å²) in [5.74, 6) is 2.20. The number of aromatic nitrogens is 3. The van der Waals surface area contributed by atoms with Gasteiger partial charge < -0.3 is 10.6 Å². The molecule has 1 unspecified atom stereocenters. The Labute approximate surface area is 183 Å². The molecule has 1 fully saturated rings. The van der Waals surface area contributed by atoms with Gasteiger partial charge in [-0.3, -0.25) is 9.89 Å². The predicted molar refractivity (Wildman–Crippen MR) is 122 cm³/mol. The summed E-state index contributed by atoms with van der Waals surface area (Å²) in [4.78, 5) is 16.9. The zero-order chi connectivity index (χ0) is 20.1. The van der Waals surface area contributed by atoms with Crippen LogP contribution in [-0.2, 0) is 24.1 Å². The first kappa shape index (κ1) is 22.0. The molecule has 0 spiro atoms. The minimum atomic E-state index is -0.0286. The lowest BCUT2D eigenvalue weighted by atomic mass is 9.97. The van der Waals surface area contributed by atoms with Gasteiger partial charge in [-0.05, 0) is 55.1 Å². The molecule has 2 heterocycles. The van der Waals surface area contributed by atoms with Gasteiger partial charge in [0.2, 0.25) is 5.91 Å². The van der Waals surface area contributed by atoms with E-state index >= 15 is 0 Å². The predicted octanol–water partition coefficient (Wildman–Crippen LogP) is 3.79. The minimum Gasteiger partial charge on any atom is -0.326 e. The second kappa shape index (κ2) is 10.4. The van der Waals surface area contributed by atoms with Gasteiger partial charge in [0.05, 0.1) is 6.42 Å². The van der Waals surface area contributed by atoms with E-state index in [-0.39, 0.29) is 18.3 Å². The molecule has 1 atom stereocenters. The molecule has 0 aliphatic carbocycles. The number of halogens is 1. The molecule has 7 heteroatoms. The molecule has 0 radical (unpaired) electrons. The summed E-state index contributed by atoms with van der Waals surface area (Å²) < 4.78 is 0. The van der Waals surface area contributed by atoms with E-state index < -0.39 is 0 Å². The first-order valence-electron chi connectivity index (χ1n) is 10.3. The van der Waals surface area contributed by atoms with Crippen molar-refractivity contribution in [2.45, 2.75) is 32.6 Å². The topological polar surface area (TPSA) is 82.7 Å². The van der Waals surface area contributed by atoms with Crippen LogP contribution < -0.4 is 10.6 Å². The Kier molecular flexibility index (Phi) is 7.60. The summed E-state index contributed by atoms with van der Waals surface area (Å²) in [5, 5.41) is 13.6. The molecule has 1 saturated heterocycles. The molecule has 4 rings (SSSR count). The first-order chi connectivity index (χ1) is 14.2. The third kappa shape index (κ3) is 5.68. The van der Waals surface area contributed by atoms with Crippen molar-refractivity contribution < 1.29 is 4.79 Å². The molecule has 1 aromatic heterocycles. The van der Waals surface area contributed by atoms with Crippen LogP contribution in [-0.4, -0.2) is 34.2 Å². The normalized spacial score (nSPS) is 15.6. The average Bonchev–Trinajstić information content (AvgIpc) is 3.41. The fraction of sp³-hybridized carbons (Fsp3) is 0.348. The molecule has 0 bridgehead atoms. The molecule has 0 saturated carbocycles. The van der Waals surface area contributed by atoms with Gasteiger partial charge in [-0.25, -0.2) is 4.98 Å². The van der Waals surface area contributed by atoms with Gasteiger partial charge in [0.15, 0.2) is 5.82 Å². The molecule has 6 nitrogen and oxygen atoms in total. The maximum absolute atomic E-state index is 12.5. The van der Waals surface area contributed by atoms with Crippen molar-refractivity contribution in [2.75, 3.05) is 18.4 Å². The highest BCUT2D eigenvalue weighted by atomic mass is 35.5. The molecular formula is C23H28ClN5O. The first-order valence-corrected chi connectivity index (χ1v) is 10.3. The van der Waals surface area contributed by atoms with Crippen molar-refractivity contribution in [2.24, 2.45) is 5.92 Å². The number of anilines is 1. The zero-order valence-corrected chi connectivity index (χ0v) is 18.0. The van der Waals surface area contributed by atoms with E-state index in [0.29, 0.717) is 12.2 Å². The number of hydrogen-bond donors (Lipinski definition) is 3. The molecule has 1 amide bonds. The van der Waals surface area contributed by atoms with Crippen LogP contribution in [0.5, 0.6) is 0 Å². The van der Waals surface area contributed by atoms with Crippen LogP contribution >= 0.6 is 12.4 Å². The maximum atomic E-state index is 12.5. The van der Waals surface area contributed by atoms with Gasteiger partial charge >= 0.3 is 0 Å². The summed E-state index contributed by atoms with van der Waals surface area (Å²) in [6, 6.07) is 16.1. The van der Waals surface area contributed by atoms with E-state index in [1.165, 1.54) is 12.0 Å². The lowest BCUT2D eigenvalue weighted by Crippen LogP contribution is -2.14. The molecule has 158 valence electrons. The lowest BCUT2D eigenvalue weighted by Gasteiger charge is -2.09. The van der Waals surface area contributed by atoms with Crippen LogP contribution in [0.25, 0.3) is 11.4 Å². The maximum Gasteiger partial charge on any atom is 0.228 e. The largest absolute Gasteiger partial charge is 0.326 e. The van der Waals surface area contributed by atoms with Crippen molar-refractivity contribution in [1.29, 1.82) is 0 Å². The Morgan fingerprint density at radius 3 is 2.67 bits per heavy atom. The lowest BCUT2D eigenvalue weighted by molar-refractivity contribution is -0.115. The van der Waals surface area contributed by atoms with Crippen molar-refractivity contribution >= 4 is 24.0 Å². The number of hydrogen-bond acceptors (Lipinski definition) is 4. The standard InChI is InChI=1S/C23H27N5O.ClH/c1-2-21-26-23(28-27-21)19-4-3-5-20(14-19)25-22(29)13-17-8-6-16(7-9-17)12-18-10-11-24-15-18;/h3-9,14,18,24H,2,10-13,15H2,1H3,(H,25,29)(H,26,27,28);1H. The highest BCUT2D eigenvalue weighted by Crippen LogP contribution is 2.20. The van der Waals surface area contributed by atoms with E-state index in [0.717, 1.165) is 54.5 Å². The number of carbonyl (C=O) groups excluding carboxylic acids is 1. The van der Waals surface area contributed by atoms with Gasteiger partial charge in [-0.15, -0.1) is 12.4 Å². The Morgan fingerprint density at radius 1 is 1.17 bits per heavy atom.